The minimum atomic E-state index is -0.475. The van der Waals surface area contributed by atoms with E-state index in [2.05, 4.69) is 5.10 Å². The minimum Gasteiger partial charge on any atom is -0.496 e. The van der Waals surface area contributed by atoms with Crippen LogP contribution in [0.4, 0.5) is 4.39 Å². The van der Waals surface area contributed by atoms with Gasteiger partial charge in [-0.3, -0.25) is 4.79 Å². The summed E-state index contributed by atoms with van der Waals surface area (Å²) in [6, 6.07) is 13.8. The highest BCUT2D eigenvalue weighted by Crippen LogP contribution is 2.23. The predicted octanol–water partition coefficient (Wildman–Crippen LogP) is 3.91. The Morgan fingerprint density at radius 3 is 2.56 bits per heavy atom. The molecule has 0 radical (unpaired) electrons. The van der Waals surface area contributed by atoms with Gasteiger partial charge in [0.1, 0.15) is 11.6 Å². The van der Waals surface area contributed by atoms with E-state index < -0.39 is 5.82 Å². The average Bonchev–Trinajstić information content (AvgIpc) is 2.96. The molecule has 1 heterocycles. The van der Waals surface area contributed by atoms with Gasteiger partial charge in [-0.2, -0.15) is 5.10 Å². The highest BCUT2D eigenvalue weighted by Gasteiger charge is 2.21. The van der Waals surface area contributed by atoms with Crippen LogP contribution in [0, 0.1) is 19.7 Å². The molecule has 5 nitrogen and oxygen atoms in total. The molecular formula is C21H22FN3O2. The van der Waals surface area contributed by atoms with Gasteiger partial charge in [-0.15, -0.1) is 0 Å². The standard InChI is InChI=1S/C21H22FN3O2/c1-14-19(15(2)25(23-14)17-8-6-5-7-9-17)13-24(3)21(26)18-12-16(22)10-11-20(18)27-4/h5-12H,13H2,1-4H3. The van der Waals surface area contributed by atoms with E-state index in [9.17, 15) is 9.18 Å². The van der Waals surface area contributed by atoms with Crippen molar-refractivity contribution in [1.82, 2.24) is 14.7 Å². The summed E-state index contributed by atoms with van der Waals surface area (Å²) in [4.78, 5) is 14.4. The molecule has 0 aliphatic rings. The Hall–Kier alpha value is -3.15. The molecule has 0 aliphatic heterocycles. The first-order chi connectivity index (χ1) is 12.9. The summed E-state index contributed by atoms with van der Waals surface area (Å²) < 4.78 is 20.7. The van der Waals surface area contributed by atoms with E-state index in [1.165, 1.54) is 25.3 Å². The Morgan fingerprint density at radius 2 is 1.89 bits per heavy atom. The van der Waals surface area contributed by atoms with Crippen LogP contribution in [-0.4, -0.2) is 34.7 Å². The van der Waals surface area contributed by atoms with Gasteiger partial charge in [-0.05, 0) is 44.2 Å². The highest BCUT2D eigenvalue weighted by atomic mass is 19.1. The lowest BCUT2D eigenvalue weighted by molar-refractivity contribution is 0.0781. The van der Waals surface area contributed by atoms with E-state index in [0.29, 0.717) is 12.3 Å². The molecule has 0 saturated carbocycles. The summed E-state index contributed by atoms with van der Waals surface area (Å²) in [5.41, 5.74) is 3.94. The number of amides is 1. The third kappa shape index (κ3) is 3.69. The number of rotatable bonds is 5. The van der Waals surface area contributed by atoms with E-state index in [1.807, 2.05) is 48.9 Å². The van der Waals surface area contributed by atoms with Crippen molar-refractivity contribution < 1.29 is 13.9 Å². The molecule has 0 spiro atoms. The number of para-hydroxylation sites is 1. The third-order valence-electron chi connectivity index (χ3n) is 4.58. The second-order valence-corrected chi connectivity index (χ2v) is 6.40. The van der Waals surface area contributed by atoms with Crippen LogP contribution < -0.4 is 4.74 Å². The number of carbonyl (C=O) groups excluding carboxylic acids is 1. The van der Waals surface area contributed by atoms with Crippen molar-refractivity contribution in [3.8, 4) is 11.4 Å². The van der Waals surface area contributed by atoms with Gasteiger partial charge in [0.2, 0.25) is 0 Å². The molecule has 3 aromatic rings. The van der Waals surface area contributed by atoms with Gasteiger partial charge < -0.3 is 9.64 Å². The van der Waals surface area contributed by atoms with Crippen molar-refractivity contribution in [2.24, 2.45) is 0 Å². The van der Waals surface area contributed by atoms with Crippen LogP contribution >= 0.6 is 0 Å². The number of nitrogens with zero attached hydrogens (tertiary/aromatic N) is 3. The average molecular weight is 367 g/mol. The molecule has 0 N–H and O–H groups in total. The van der Waals surface area contributed by atoms with Crippen LogP contribution in [0.15, 0.2) is 48.5 Å². The van der Waals surface area contributed by atoms with Crippen molar-refractivity contribution >= 4 is 5.91 Å². The van der Waals surface area contributed by atoms with Crippen LogP contribution in [0.25, 0.3) is 5.69 Å². The number of hydrogen-bond acceptors (Lipinski definition) is 3. The topological polar surface area (TPSA) is 47.4 Å². The Labute approximate surface area is 158 Å². The Kier molecular flexibility index (Phi) is 5.26. The highest BCUT2D eigenvalue weighted by molar-refractivity contribution is 5.96. The maximum atomic E-state index is 13.6. The first kappa shape index (κ1) is 18.6. The molecule has 0 saturated heterocycles. The van der Waals surface area contributed by atoms with Gasteiger partial charge in [0.25, 0.3) is 5.91 Å². The number of halogens is 1. The predicted molar refractivity (Wildman–Crippen MR) is 102 cm³/mol. The van der Waals surface area contributed by atoms with Gasteiger partial charge in [-0.25, -0.2) is 9.07 Å². The van der Waals surface area contributed by atoms with Crippen LogP contribution in [0.5, 0.6) is 5.75 Å². The summed E-state index contributed by atoms with van der Waals surface area (Å²) in [5, 5.41) is 4.61. The summed E-state index contributed by atoms with van der Waals surface area (Å²) in [6.45, 7) is 4.26. The molecular weight excluding hydrogens is 345 g/mol. The van der Waals surface area contributed by atoms with Crippen LogP contribution in [0.3, 0.4) is 0 Å². The summed E-state index contributed by atoms with van der Waals surface area (Å²) >= 11 is 0. The number of methoxy groups -OCH3 is 1. The molecule has 0 aliphatic carbocycles. The van der Waals surface area contributed by atoms with Crippen LogP contribution in [0.1, 0.15) is 27.3 Å². The zero-order chi connectivity index (χ0) is 19.6. The summed E-state index contributed by atoms with van der Waals surface area (Å²) in [5.74, 6) is -0.434. The smallest absolute Gasteiger partial charge is 0.257 e. The fourth-order valence-corrected chi connectivity index (χ4v) is 3.09. The Bertz CT molecular complexity index is 967. The lowest BCUT2D eigenvalue weighted by Crippen LogP contribution is -2.27. The van der Waals surface area contributed by atoms with E-state index in [4.69, 9.17) is 4.74 Å². The Balaban J connectivity index is 1.89. The van der Waals surface area contributed by atoms with E-state index in [0.717, 1.165) is 22.6 Å². The van der Waals surface area contributed by atoms with E-state index in [-0.39, 0.29) is 11.5 Å². The van der Waals surface area contributed by atoms with Gasteiger partial charge in [0.15, 0.2) is 0 Å². The van der Waals surface area contributed by atoms with Gasteiger partial charge in [0.05, 0.1) is 24.1 Å². The third-order valence-corrected chi connectivity index (χ3v) is 4.58. The lowest BCUT2D eigenvalue weighted by Gasteiger charge is -2.19. The van der Waals surface area contributed by atoms with E-state index in [1.54, 1.807) is 11.9 Å². The number of benzene rings is 2. The molecule has 1 aromatic heterocycles. The van der Waals surface area contributed by atoms with Crippen molar-refractivity contribution in [3.05, 3.63) is 76.9 Å². The molecule has 1 amide bonds. The zero-order valence-electron chi connectivity index (χ0n) is 15.9. The first-order valence-electron chi connectivity index (χ1n) is 8.62. The minimum absolute atomic E-state index is 0.200. The van der Waals surface area contributed by atoms with Crippen molar-refractivity contribution in [2.75, 3.05) is 14.2 Å². The largest absolute Gasteiger partial charge is 0.496 e. The maximum Gasteiger partial charge on any atom is 0.257 e. The second kappa shape index (κ2) is 7.61. The number of aromatic nitrogens is 2. The summed E-state index contributed by atoms with van der Waals surface area (Å²) in [7, 11) is 3.15. The normalized spacial score (nSPS) is 10.7. The fraction of sp³-hybridized carbons (Fsp3) is 0.238. The molecule has 0 atom stereocenters. The maximum absolute atomic E-state index is 13.6. The fourth-order valence-electron chi connectivity index (χ4n) is 3.09. The molecule has 2 aromatic carbocycles. The molecule has 0 fully saturated rings. The molecule has 140 valence electrons. The Morgan fingerprint density at radius 1 is 1.19 bits per heavy atom. The van der Waals surface area contributed by atoms with Gasteiger partial charge in [-0.1, -0.05) is 18.2 Å². The molecule has 0 bridgehead atoms. The molecule has 6 heteroatoms. The molecule has 27 heavy (non-hydrogen) atoms. The quantitative estimate of drug-likeness (QED) is 0.687. The SMILES string of the molecule is COc1ccc(F)cc1C(=O)N(C)Cc1c(C)nn(-c2ccccc2)c1C. The van der Waals surface area contributed by atoms with E-state index >= 15 is 0 Å². The van der Waals surface area contributed by atoms with Crippen molar-refractivity contribution in [2.45, 2.75) is 20.4 Å². The van der Waals surface area contributed by atoms with Crippen LogP contribution in [0.2, 0.25) is 0 Å². The number of carbonyl (C=O) groups is 1. The first-order valence-corrected chi connectivity index (χ1v) is 8.62. The van der Waals surface area contributed by atoms with Crippen molar-refractivity contribution in [1.29, 1.82) is 0 Å². The number of ether oxygens (including phenoxy) is 1. The second-order valence-electron chi connectivity index (χ2n) is 6.40. The van der Waals surface area contributed by atoms with Crippen molar-refractivity contribution in [3.63, 3.8) is 0 Å². The zero-order valence-corrected chi connectivity index (χ0v) is 15.9. The number of hydrogen-bond donors (Lipinski definition) is 0. The molecule has 3 rings (SSSR count). The summed E-state index contributed by atoms with van der Waals surface area (Å²) in [6.07, 6.45) is 0. The van der Waals surface area contributed by atoms with Gasteiger partial charge >= 0.3 is 0 Å². The number of aryl methyl sites for hydroxylation is 1. The monoisotopic (exact) mass is 367 g/mol. The molecule has 0 unspecified atom stereocenters. The van der Waals surface area contributed by atoms with Crippen LogP contribution in [-0.2, 0) is 6.54 Å². The lowest BCUT2D eigenvalue weighted by atomic mass is 10.1. The van der Waals surface area contributed by atoms with Gasteiger partial charge in [0, 0.05) is 24.8 Å².